The van der Waals surface area contributed by atoms with E-state index in [1.807, 2.05) is 30.5 Å². The normalized spacial score (nSPS) is 21.6. The van der Waals surface area contributed by atoms with Crippen molar-refractivity contribution in [1.82, 2.24) is 10.3 Å². The molecule has 0 radical (unpaired) electrons. The van der Waals surface area contributed by atoms with Crippen LogP contribution in [0.25, 0.3) is 10.9 Å². The van der Waals surface area contributed by atoms with Crippen molar-refractivity contribution >= 4 is 16.8 Å². The van der Waals surface area contributed by atoms with Crippen LogP contribution in [-0.4, -0.2) is 17.4 Å². The van der Waals surface area contributed by atoms with E-state index in [9.17, 15) is 4.79 Å². The summed E-state index contributed by atoms with van der Waals surface area (Å²) in [4.78, 5) is 16.7. The van der Waals surface area contributed by atoms with Gasteiger partial charge in [0.15, 0.2) is 0 Å². The van der Waals surface area contributed by atoms with Crippen molar-refractivity contribution in [3.05, 3.63) is 42.1 Å². The molecule has 4 nitrogen and oxygen atoms in total. The van der Waals surface area contributed by atoms with E-state index >= 15 is 0 Å². The van der Waals surface area contributed by atoms with Gasteiger partial charge in [0.2, 0.25) is 5.91 Å². The number of carbonyl (C=O) groups excluding carboxylic acids is 1. The van der Waals surface area contributed by atoms with Crippen LogP contribution >= 0.6 is 0 Å². The third-order valence-electron chi connectivity index (χ3n) is 4.41. The van der Waals surface area contributed by atoms with E-state index in [-0.39, 0.29) is 11.8 Å². The van der Waals surface area contributed by atoms with Crippen molar-refractivity contribution in [3.63, 3.8) is 0 Å². The van der Waals surface area contributed by atoms with Gasteiger partial charge < -0.3 is 11.1 Å². The molecule has 1 aromatic heterocycles. The average molecular weight is 283 g/mol. The molecule has 4 heteroatoms. The van der Waals surface area contributed by atoms with E-state index < -0.39 is 0 Å². The molecule has 0 unspecified atom stereocenters. The second kappa shape index (κ2) is 6.22. The molecule has 3 rings (SSSR count). The Bertz CT molecular complexity index is 641. The van der Waals surface area contributed by atoms with Crippen LogP contribution in [0.15, 0.2) is 36.5 Å². The van der Waals surface area contributed by atoms with E-state index in [4.69, 9.17) is 5.73 Å². The fourth-order valence-electron chi connectivity index (χ4n) is 3.20. The zero-order chi connectivity index (χ0) is 14.7. The van der Waals surface area contributed by atoms with Crippen molar-refractivity contribution in [1.29, 1.82) is 0 Å². The maximum absolute atomic E-state index is 12.3. The molecule has 3 N–H and O–H groups in total. The van der Waals surface area contributed by atoms with Gasteiger partial charge in [-0.2, -0.15) is 0 Å². The summed E-state index contributed by atoms with van der Waals surface area (Å²) in [6.45, 7) is 1.14. The van der Waals surface area contributed by atoms with Gasteiger partial charge in [0, 0.05) is 24.0 Å². The molecule has 1 fully saturated rings. The number of hydrogen-bond donors (Lipinski definition) is 2. The van der Waals surface area contributed by atoms with E-state index in [0.717, 1.165) is 35.7 Å². The molecule has 21 heavy (non-hydrogen) atoms. The first-order valence-electron chi connectivity index (χ1n) is 7.59. The minimum absolute atomic E-state index is 0.0865. The molecule has 1 aliphatic rings. The molecule has 0 spiro atoms. The number of benzene rings is 1. The Kier molecular flexibility index (Phi) is 4.15. The number of aromatic nitrogens is 1. The van der Waals surface area contributed by atoms with Crippen molar-refractivity contribution in [2.75, 3.05) is 6.54 Å². The Morgan fingerprint density at radius 1 is 1.33 bits per heavy atom. The van der Waals surface area contributed by atoms with Crippen LogP contribution < -0.4 is 11.1 Å². The lowest BCUT2D eigenvalue weighted by Crippen LogP contribution is -2.34. The maximum Gasteiger partial charge on any atom is 0.223 e. The summed E-state index contributed by atoms with van der Waals surface area (Å²) in [6.07, 6.45) is 4.98. The first-order chi connectivity index (χ1) is 10.3. The van der Waals surface area contributed by atoms with Crippen LogP contribution in [0, 0.1) is 11.8 Å². The van der Waals surface area contributed by atoms with Gasteiger partial charge in [0.25, 0.3) is 0 Å². The standard InChI is InChI=1S/C17H21N3O/c18-9-14-5-3-6-15(14)17(21)20-11-12-8-13-4-1-2-7-16(13)19-10-12/h1-2,4,7-8,10,14-15H,3,5-6,9,11,18H2,(H,20,21)/t14-,15-/m1/s1. The SMILES string of the molecule is NC[C@H]1CCC[C@H]1C(=O)NCc1cnc2ccccc2c1. The Morgan fingerprint density at radius 2 is 2.19 bits per heavy atom. The number of pyridine rings is 1. The van der Waals surface area contributed by atoms with Gasteiger partial charge in [0.05, 0.1) is 5.52 Å². The highest BCUT2D eigenvalue weighted by Gasteiger charge is 2.31. The van der Waals surface area contributed by atoms with Crippen LogP contribution in [0.5, 0.6) is 0 Å². The van der Waals surface area contributed by atoms with Gasteiger partial charge in [-0.15, -0.1) is 0 Å². The minimum Gasteiger partial charge on any atom is -0.352 e. The number of amides is 1. The number of hydrogen-bond acceptors (Lipinski definition) is 3. The lowest BCUT2D eigenvalue weighted by molar-refractivity contribution is -0.126. The Balaban J connectivity index is 1.64. The lowest BCUT2D eigenvalue weighted by Gasteiger charge is -2.17. The molecule has 1 amide bonds. The Labute approximate surface area is 124 Å². The first-order valence-corrected chi connectivity index (χ1v) is 7.59. The summed E-state index contributed by atoms with van der Waals surface area (Å²) >= 11 is 0. The van der Waals surface area contributed by atoms with Crippen LogP contribution in [-0.2, 0) is 11.3 Å². The first kappa shape index (κ1) is 14.0. The summed E-state index contributed by atoms with van der Waals surface area (Å²) in [6, 6.07) is 10.1. The second-order valence-corrected chi connectivity index (χ2v) is 5.79. The van der Waals surface area contributed by atoms with Crippen LogP contribution in [0.2, 0.25) is 0 Å². The molecule has 0 bridgehead atoms. The summed E-state index contributed by atoms with van der Waals surface area (Å²) in [5.74, 6) is 0.569. The number of nitrogens with one attached hydrogen (secondary N) is 1. The van der Waals surface area contributed by atoms with E-state index in [1.54, 1.807) is 0 Å². The van der Waals surface area contributed by atoms with Crippen molar-refractivity contribution in [3.8, 4) is 0 Å². The zero-order valence-corrected chi connectivity index (χ0v) is 12.1. The highest BCUT2D eigenvalue weighted by atomic mass is 16.1. The predicted octanol–water partition coefficient (Wildman–Crippen LogP) is 2.23. The monoisotopic (exact) mass is 283 g/mol. The third-order valence-corrected chi connectivity index (χ3v) is 4.41. The molecular weight excluding hydrogens is 262 g/mol. The largest absolute Gasteiger partial charge is 0.352 e. The lowest BCUT2D eigenvalue weighted by atomic mass is 9.95. The fourth-order valence-corrected chi connectivity index (χ4v) is 3.20. The molecule has 2 aromatic rings. The molecule has 1 aromatic carbocycles. The van der Waals surface area contributed by atoms with Crippen LogP contribution in [0.1, 0.15) is 24.8 Å². The molecule has 0 aliphatic heterocycles. The topological polar surface area (TPSA) is 68.0 Å². The quantitative estimate of drug-likeness (QED) is 0.904. The van der Waals surface area contributed by atoms with Gasteiger partial charge in [0.1, 0.15) is 0 Å². The number of fused-ring (bicyclic) bond motifs is 1. The average Bonchev–Trinajstić information content (AvgIpc) is 3.01. The van der Waals surface area contributed by atoms with Crippen LogP contribution in [0.3, 0.4) is 0 Å². The molecular formula is C17H21N3O. The van der Waals surface area contributed by atoms with Gasteiger partial charge in [-0.1, -0.05) is 24.6 Å². The second-order valence-electron chi connectivity index (χ2n) is 5.79. The number of nitrogens with two attached hydrogens (primary N) is 1. The van der Waals surface area contributed by atoms with E-state index in [2.05, 4.69) is 16.4 Å². The summed E-state index contributed by atoms with van der Waals surface area (Å²) < 4.78 is 0. The molecule has 1 aliphatic carbocycles. The summed E-state index contributed by atoms with van der Waals surface area (Å²) in [7, 11) is 0. The molecule has 0 saturated heterocycles. The van der Waals surface area contributed by atoms with Gasteiger partial charge in [-0.3, -0.25) is 9.78 Å². The minimum atomic E-state index is 0.0865. The van der Waals surface area contributed by atoms with Crippen molar-refractivity contribution in [2.45, 2.75) is 25.8 Å². The smallest absolute Gasteiger partial charge is 0.223 e. The van der Waals surface area contributed by atoms with E-state index in [1.165, 1.54) is 0 Å². The molecule has 1 heterocycles. The van der Waals surface area contributed by atoms with Crippen molar-refractivity contribution < 1.29 is 4.79 Å². The third kappa shape index (κ3) is 3.05. The Hall–Kier alpha value is -1.94. The summed E-state index contributed by atoms with van der Waals surface area (Å²) in [5, 5.41) is 4.14. The Morgan fingerprint density at radius 3 is 3.05 bits per heavy atom. The predicted molar refractivity (Wildman–Crippen MR) is 83.5 cm³/mol. The maximum atomic E-state index is 12.3. The van der Waals surface area contributed by atoms with Gasteiger partial charge >= 0.3 is 0 Å². The highest BCUT2D eigenvalue weighted by molar-refractivity contribution is 5.80. The van der Waals surface area contributed by atoms with Crippen molar-refractivity contribution in [2.24, 2.45) is 17.6 Å². The highest BCUT2D eigenvalue weighted by Crippen LogP contribution is 2.31. The summed E-state index contributed by atoms with van der Waals surface area (Å²) in [5.41, 5.74) is 7.75. The molecule has 110 valence electrons. The fraction of sp³-hybridized carbons (Fsp3) is 0.412. The number of para-hydroxylation sites is 1. The zero-order valence-electron chi connectivity index (χ0n) is 12.1. The number of rotatable bonds is 4. The molecule has 2 atom stereocenters. The van der Waals surface area contributed by atoms with Gasteiger partial charge in [-0.25, -0.2) is 0 Å². The molecule has 1 saturated carbocycles. The van der Waals surface area contributed by atoms with Crippen LogP contribution in [0.4, 0.5) is 0 Å². The van der Waals surface area contributed by atoms with Gasteiger partial charge in [-0.05, 0) is 43.0 Å². The number of carbonyl (C=O) groups is 1. The van der Waals surface area contributed by atoms with E-state index in [0.29, 0.717) is 19.0 Å². The number of nitrogens with zero attached hydrogens (tertiary/aromatic N) is 1.